The molecule has 13 nitrogen and oxygen atoms in total. The fourth-order valence-corrected chi connectivity index (χ4v) is 5.08. The Kier molecular flexibility index (Phi) is 17.8. The standard InChI is InChI=1S/C25H31N5O2S.3C2HF3O2/c1-16-21(15-27-29-16)17-6-8-22(24(13-17)33-10-9-30(2)3)28-25(31)23-12-19-11-20(32-4)7-5-18(19)14-26-23;3*3-2(4,5)1(6)7/h5-8,11,13,15,23,26H,9-10,12,14H2,1-4H3,(H,27,29)(H,28,31);3*(H,6,7)/t23-;;;/m1.../s1. The normalized spacial score (nSPS) is 13.8. The molecule has 4 rings (SSSR count). The molecule has 0 spiro atoms. The first-order valence-electron chi connectivity index (χ1n) is 14.8. The molecular weight excluding hydrogens is 773 g/mol. The van der Waals surface area contributed by atoms with Gasteiger partial charge in [-0.05, 0) is 68.4 Å². The average Bonchev–Trinajstić information content (AvgIpc) is 3.49. The molecule has 300 valence electrons. The summed E-state index contributed by atoms with van der Waals surface area (Å²) in [6.45, 7) is 3.63. The van der Waals surface area contributed by atoms with Gasteiger partial charge in [0.25, 0.3) is 0 Å². The number of fused-ring (bicyclic) bond motifs is 1. The Labute approximate surface area is 304 Å². The van der Waals surface area contributed by atoms with Gasteiger partial charge in [-0.25, -0.2) is 14.4 Å². The lowest BCUT2D eigenvalue weighted by Crippen LogP contribution is -2.44. The van der Waals surface area contributed by atoms with Crippen LogP contribution in [0.15, 0.2) is 47.5 Å². The van der Waals surface area contributed by atoms with E-state index in [0.29, 0.717) is 13.0 Å². The number of carbonyl (C=O) groups excluding carboxylic acids is 1. The number of thioether (sulfide) groups is 1. The highest BCUT2D eigenvalue weighted by molar-refractivity contribution is 7.99. The van der Waals surface area contributed by atoms with Crippen LogP contribution in [0.5, 0.6) is 5.75 Å². The summed E-state index contributed by atoms with van der Waals surface area (Å²) < 4.78 is 101. The number of benzene rings is 2. The van der Waals surface area contributed by atoms with Gasteiger partial charge in [0.1, 0.15) is 5.75 Å². The Morgan fingerprint density at radius 2 is 1.43 bits per heavy atom. The van der Waals surface area contributed by atoms with Crippen LogP contribution in [-0.4, -0.2) is 112 Å². The topological polar surface area (TPSA) is 194 Å². The maximum absolute atomic E-state index is 13.2. The first-order valence-corrected chi connectivity index (χ1v) is 15.8. The third-order valence-electron chi connectivity index (χ3n) is 6.60. The van der Waals surface area contributed by atoms with Crippen molar-refractivity contribution in [2.45, 2.75) is 49.4 Å². The Balaban J connectivity index is 0.000000566. The molecule has 1 amide bonds. The van der Waals surface area contributed by atoms with Gasteiger partial charge in [-0.1, -0.05) is 12.1 Å². The van der Waals surface area contributed by atoms with Crippen LogP contribution in [0.2, 0.25) is 0 Å². The van der Waals surface area contributed by atoms with Crippen LogP contribution < -0.4 is 15.4 Å². The molecule has 1 aliphatic rings. The summed E-state index contributed by atoms with van der Waals surface area (Å²) in [5, 5.41) is 35.1. The molecular formula is C31H34F9N5O8S. The second-order valence-electron chi connectivity index (χ2n) is 10.9. The van der Waals surface area contributed by atoms with Crippen molar-refractivity contribution < 1.29 is 78.7 Å². The van der Waals surface area contributed by atoms with Crippen molar-refractivity contribution >= 4 is 41.3 Å². The van der Waals surface area contributed by atoms with Crippen LogP contribution in [0, 0.1) is 6.92 Å². The number of hydrogen-bond donors (Lipinski definition) is 6. The van der Waals surface area contributed by atoms with E-state index in [1.165, 1.54) is 5.56 Å². The van der Waals surface area contributed by atoms with Crippen LogP contribution in [0.4, 0.5) is 45.2 Å². The maximum Gasteiger partial charge on any atom is 0.490 e. The highest BCUT2D eigenvalue weighted by Crippen LogP contribution is 2.34. The smallest absolute Gasteiger partial charge is 0.490 e. The molecule has 0 bridgehead atoms. The highest BCUT2D eigenvalue weighted by Gasteiger charge is 2.39. The average molecular weight is 808 g/mol. The van der Waals surface area contributed by atoms with Crippen molar-refractivity contribution in [3.8, 4) is 16.9 Å². The molecule has 0 saturated carbocycles. The number of methoxy groups -OCH3 is 1. The molecule has 23 heteroatoms. The number of aliphatic carboxylic acids is 3. The van der Waals surface area contributed by atoms with Crippen LogP contribution >= 0.6 is 11.8 Å². The number of carbonyl (C=O) groups is 4. The molecule has 0 saturated heterocycles. The van der Waals surface area contributed by atoms with E-state index < -0.39 is 36.4 Å². The largest absolute Gasteiger partial charge is 0.497 e. The number of carboxylic acid groups (broad SMARTS) is 3. The number of aryl methyl sites for hydroxylation is 1. The van der Waals surface area contributed by atoms with E-state index >= 15 is 0 Å². The molecule has 1 atom stereocenters. The lowest BCUT2D eigenvalue weighted by atomic mass is 9.95. The molecule has 0 fully saturated rings. The number of alkyl halides is 9. The minimum Gasteiger partial charge on any atom is -0.497 e. The van der Waals surface area contributed by atoms with Gasteiger partial charge in [-0.2, -0.15) is 44.6 Å². The molecule has 2 aromatic carbocycles. The molecule has 0 radical (unpaired) electrons. The lowest BCUT2D eigenvalue weighted by molar-refractivity contribution is -0.193. The van der Waals surface area contributed by atoms with E-state index in [1.54, 1.807) is 18.9 Å². The summed E-state index contributed by atoms with van der Waals surface area (Å²) in [5.41, 5.74) is 6.38. The lowest BCUT2D eigenvalue weighted by Gasteiger charge is -2.26. The number of halogens is 9. The Morgan fingerprint density at radius 1 is 0.889 bits per heavy atom. The molecule has 0 aliphatic carbocycles. The predicted molar refractivity (Wildman–Crippen MR) is 175 cm³/mol. The molecule has 1 aliphatic heterocycles. The fraction of sp³-hybridized carbons (Fsp3) is 0.387. The van der Waals surface area contributed by atoms with E-state index in [2.05, 4.69) is 52.0 Å². The Bertz CT molecular complexity index is 1670. The van der Waals surface area contributed by atoms with Gasteiger partial charge in [0.15, 0.2) is 0 Å². The fourth-order valence-electron chi connectivity index (χ4n) is 3.91. The van der Waals surface area contributed by atoms with E-state index in [9.17, 15) is 44.3 Å². The summed E-state index contributed by atoms with van der Waals surface area (Å²) in [6, 6.07) is 11.9. The van der Waals surface area contributed by atoms with Crippen molar-refractivity contribution in [2.75, 3.05) is 38.8 Å². The Morgan fingerprint density at radius 3 is 1.87 bits per heavy atom. The van der Waals surface area contributed by atoms with E-state index in [4.69, 9.17) is 34.4 Å². The molecule has 2 heterocycles. The number of aromatic nitrogens is 2. The monoisotopic (exact) mass is 807 g/mol. The third kappa shape index (κ3) is 16.3. The van der Waals surface area contributed by atoms with Gasteiger partial charge in [-0.3, -0.25) is 9.89 Å². The van der Waals surface area contributed by atoms with E-state index in [0.717, 1.165) is 51.0 Å². The van der Waals surface area contributed by atoms with Gasteiger partial charge in [0.05, 0.1) is 25.0 Å². The van der Waals surface area contributed by atoms with E-state index in [-0.39, 0.29) is 11.9 Å². The number of carboxylic acids is 3. The quantitative estimate of drug-likeness (QED) is 0.122. The second kappa shape index (κ2) is 20.4. The van der Waals surface area contributed by atoms with Gasteiger partial charge in [0.2, 0.25) is 5.91 Å². The number of nitrogens with one attached hydrogen (secondary N) is 3. The number of anilines is 1. The van der Waals surface area contributed by atoms with Crippen LogP contribution in [0.25, 0.3) is 11.1 Å². The van der Waals surface area contributed by atoms with Gasteiger partial charge in [-0.15, -0.1) is 11.8 Å². The highest BCUT2D eigenvalue weighted by atomic mass is 32.2. The Hall–Kier alpha value is -5.03. The number of ether oxygens (including phenoxy) is 1. The summed E-state index contributed by atoms with van der Waals surface area (Å²) in [6.07, 6.45) is -12.8. The SMILES string of the molecule is COc1ccc2c(c1)C[C@H](C(=O)Nc1ccc(-c3cn[nH]c3C)cc1SCCN(C)C)NC2.O=C(O)C(F)(F)F.O=C(O)C(F)(F)F.O=C(O)C(F)(F)F. The summed E-state index contributed by atoms with van der Waals surface area (Å²) >= 11 is 1.75. The number of rotatable bonds is 8. The summed E-state index contributed by atoms with van der Waals surface area (Å²) in [7, 11) is 5.79. The number of amides is 1. The van der Waals surface area contributed by atoms with Crippen molar-refractivity contribution in [1.29, 1.82) is 0 Å². The number of H-pyrrole nitrogens is 1. The minimum absolute atomic E-state index is 0.0230. The number of nitrogens with zero attached hydrogens (tertiary/aromatic N) is 2. The maximum atomic E-state index is 13.2. The first kappa shape index (κ1) is 47.0. The molecule has 54 heavy (non-hydrogen) atoms. The van der Waals surface area contributed by atoms with Crippen molar-refractivity contribution in [3.05, 3.63) is 59.4 Å². The van der Waals surface area contributed by atoms with Crippen LogP contribution in [0.1, 0.15) is 16.8 Å². The summed E-state index contributed by atoms with van der Waals surface area (Å²) in [5.74, 6) is -6.55. The number of aromatic amines is 1. The molecule has 0 unspecified atom stereocenters. The number of hydrogen-bond acceptors (Lipinski definition) is 9. The zero-order valence-electron chi connectivity index (χ0n) is 28.5. The molecule has 3 aromatic rings. The second-order valence-corrected chi connectivity index (χ2v) is 12.1. The first-order chi connectivity index (χ1) is 24.8. The molecule has 1 aromatic heterocycles. The van der Waals surface area contributed by atoms with Crippen LogP contribution in [-0.2, 0) is 32.1 Å². The van der Waals surface area contributed by atoms with E-state index in [1.807, 2.05) is 37.4 Å². The zero-order valence-corrected chi connectivity index (χ0v) is 29.4. The van der Waals surface area contributed by atoms with Crippen molar-refractivity contribution in [1.82, 2.24) is 20.4 Å². The van der Waals surface area contributed by atoms with Crippen molar-refractivity contribution in [2.24, 2.45) is 0 Å². The van der Waals surface area contributed by atoms with Crippen LogP contribution in [0.3, 0.4) is 0 Å². The third-order valence-corrected chi connectivity index (χ3v) is 7.63. The summed E-state index contributed by atoms with van der Waals surface area (Å²) in [4.78, 5) is 43.1. The van der Waals surface area contributed by atoms with Crippen molar-refractivity contribution in [3.63, 3.8) is 0 Å². The molecule has 6 N–H and O–H groups in total. The predicted octanol–water partition coefficient (Wildman–Crippen LogP) is 5.60. The van der Waals surface area contributed by atoms with Gasteiger partial charge in [0, 0.05) is 35.0 Å². The van der Waals surface area contributed by atoms with Gasteiger partial charge < -0.3 is 35.6 Å². The minimum atomic E-state index is -5.08. The van der Waals surface area contributed by atoms with Gasteiger partial charge >= 0.3 is 36.4 Å². The zero-order chi connectivity index (χ0) is 41.6.